The zero-order valence-electron chi connectivity index (χ0n) is 9.59. The van der Waals surface area contributed by atoms with Gasteiger partial charge in [-0.05, 0) is 36.4 Å². The summed E-state index contributed by atoms with van der Waals surface area (Å²) in [5, 5.41) is 0.640. The van der Waals surface area contributed by atoms with E-state index in [9.17, 15) is 4.79 Å². The SMILES string of the molecule is COC(=O)c1ccc(Oc2ccc(Cl)cc2)cn1. The van der Waals surface area contributed by atoms with E-state index >= 15 is 0 Å². The standard InChI is InChI=1S/C13H10ClNO3/c1-17-13(16)12-7-6-11(8-15-12)18-10-4-2-9(14)3-5-10/h2-8H,1H3. The zero-order chi connectivity index (χ0) is 13.0. The van der Waals surface area contributed by atoms with Crippen LogP contribution in [0.2, 0.25) is 5.02 Å². The van der Waals surface area contributed by atoms with Gasteiger partial charge in [0.1, 0.15) is 17.2 Å². The Bertz CT molecular complexity index is 537. The molecule has 0 N–H and O–H groups in total. The van der Waals surface area contributed by atoms with Gasteiger partial charge in [-0.1, -0.05) is 11.6 Å². The fraction of sp³-hybridized carbons (Fsp3) is 0.0769. The summed E-state index contributed by atoms with van der Waals surface area (Å²) in [5.74, 6) is 0.699. The molecule has 0 aliphatic heterocycles. The highest BCUT2D eigenvalue weighted by Crippen LogP contribution is 2.22. The summed E-state index contributed by atoms with van der Waals surface area (Å²) < 4.78 is 10.1. The maximum absolute atomic E-state index is 11.2. The van der Waals surface area contributed by atoms with Crippen molar-refractivity contribution in [1.29, 1.82) is 0 Å². The van der Waals surface area contributed by atoms with E-state index in [1.165, 1.54) is 19.4 Å². The molecule has 0 fully saturated rings. The molecule has 0 saturated carbocycles. The lowest BCUT2D eigenvalue weighted by atomic mass is 10.3. The molecular formula is C13H10ClNO3. The van der Waals surface area contributed by atoms with Crippen LogP contribution in [0.5, 0.6) is 11.5 Å². The van der Waals surface area contributed by atoms with Crippen LogP contribution in [-0.2, 0) is 4.74 Å². The lowest BCUT2D eigenvalue weighted by molar-refractivity contribution is 0.0594. The van der Waals surface area contributed by atoms with Crippen molar-refractivity contribution in [1.82, 2.24) is 4.98 Å². The first-order valence-electron chi connectivity index (χ1n) is 5.17. The number of ether oxygens (including phenoxy) is 2. The van der Waals surface area contributed by atoms with Crippen LogP contribution in [0.25, 0.3) is 0 Å². The van der Waals surface area contributed by atoms with Crippen molar-refractivity contribution in [3.8, 4) is 11.5 Å². The van der Waals surface area contributed by atoms with Crippen molar-refractivity contribution in [3.05, 3.63) is 53.3 Å². The van der Waals surface area contributed by atoms with E-state index in [0.717, 1.165) is 0 Å². The highest BCUT2D eigenvalue weighted by Gasteiger charge is 2.06. The van der Waals surface area contributed by atoms with Gasteiger partial charge in [-0.2, -0.15) is 0 Å². The van der Waals surface area contributed by atoms with E-state index < -0.39 is 5.97 Å². The molecule has 0 spiro atoms. The molecule has 0 radical (unpaired) electrons. The molecule has 2 aromatic rings. The lowest BCUT2D eigenvalue weighted by Crippen LogP contribution is -2.03. The van der Waals surface area contributed by atoms with Crippen LogP contribution < -0.4 is 4.74 Å². The molecule has 0 aliphatic carbocycles. The molecule has 1 aromatic carbocycles. The maximum Gasteiger partial charge on any atom is 0.356 e. The first-order chi connectivity index (χ1) is 8.69. The molecule has 4 nitrogen and oxygen atoms in total. The molecule has 0 bridgehead atoms. The van der Waals surface area contributed by atoms with E-state index in [1.807, 2.05) is 0 Å². The Morgan fingerprint density at radius 1 is 1.11 bits per heavy atom. The van der Waals surface area contributed by atoms with E-state index in [0.29, 0.717) is 16.5 Å². The van der Waals surface area contributed by atoms with Crippen LogP contribution in [0.15, 0.2) is 42.6 Å². The normalized spacial score (nSPS) is 9.89. The number of methoxy groups -OCH3 is 1. The molecule has 0 saturated heterocycles. The van der Waals surface area contributed by atoms with Crippen molar-refractivity contribution in [2.45, 2.75) is 0 Å². The summed E-state index contributed by atoms with van der Waals surface area (Å²) in [7, 11) is 1.31. The zero-order valence-corrected chi connectivity index (χ0v) is 10.3. The van der Waals surface area contributed by atoms with Gasteiger partial charge >= 0.3 is 5.97 Å². The number of carbonyl (C=O) groups is 1. The molecule has 0 amide bonds. The minimum atomic E-state index is -0.479. The van der Waals surface area contributed by atoms with E-state index in [-0.39, 0.29) is 5.69 Å². The second kappa shape index (κ2) is 5.51. The van der Waals surface area contributed by atoms with Crippen LogP contribution in [0.1, 0.15) is 10.5 Å². The second-order valence-electron chi connectivity index (χ2n) is 3.43. The first kappa shape index (κ1) is 12.4. The van der Waals surface area contributed by atoms with Gasteiger partial charge in [-0.15, -0.1) is 0 Å². The summed E-state index contributed by atoms with van der Waals surface area (Å²) in [6.45, 7) is 0. The minimum absolute atomic E-state index is 0.237. The first-order valence-corrected chi connectivity index (χ1v) is 5.54. The molecule has 0 unspecified atom stereocenters. The van der Waals surface area contributed by atoms with Gasteiger partial charge in [0, 0.05) is 5.02 Å². The Morgan fingerprint density at radius 2 is 1.78 bits per heavy atom. The van der Waals surface area contributed by atoms with Crippen LogP contribution in [0, 0.1) is 0 Å². The molecule has 0 atom stereocenters. The number of pyridine rings is 1. The third kappa shape index (κ3) is 2.99. The van der Waals surface area contributed by atoms with Crippen molar-refractivity contribution in [2.24, 2.45) is 0 Å². The van der Waals surface area contributed by atoms with Gasteiger partial charge in [-0.25, -0.2) is 9.78 Å². The molecule has 5 heteroatoms. The summed E-state index contributed by atoms with van der Waals surface area (Å²) in [6.07, 6.45) is 1.46. The summed E-state index contributed by atoms with van der Waals surface area (Å²) in [6, 6.07) is 10.1. The average molecular weight is 264 g/mol. The van der Waals surface area contributed by atoms with Crippen LogP contribution in [0.4, 0.5) is 0 Å². The Kier molecular flexibility index (Phi) is 3.79. The van der Waals surface area contributed by atoms with Gasteiger partial charge in [0.2, 0.25) is 0 Å². The lowest BCUT2D eigenvalue weighted by Gasteiger charge is -2.05. The number of benzene rings is 1. The van der Waals surface area contributed by atoms with Gasteiger partial charge < -0.3 is 9.47 Å². The van der Waals surface area contributed by atoms with E-state index in [4.69, 9.17) is 16.3 Å². The number of carbonyl (C=O) groups excluding carboxylic acids is 1. The number of esters is 1. The predicted molar refractivity (Wildman–Crippen MR) is 67.1 cm³/mol. The topological polar surface area (TPSA) is 48.4 Å². The molecule has 0 aliphatic rings. The number of aromatic nitrogens is 1. The van der Waals surface area contributed by atoms with Crippen molar-refractivity contribution >= 4 is 17.6 Å². The predicted octanol–water partition coefficient (Wildman–Crippen LogP) is 3.31. The van der Waals surface area contributed by atoms with E-state index in [2.05, 4.69) is 9.72 Å². The third-order valence-electron chi connectivity index (χ3n) is 2.18. The Labute approximate surface area is 109 Å². The fourth-order valence-corrected chi connectivity index (χ4v) is 1.43. The Hall–Kier alpha value is -2.07. The molecule has 18 heavy (non-hydrogen) atoms. The maximum atomic E-state index is 11.2. The monoisotopic (exact) mass is 263 g/mol. The van der Waals surface area contributed by atoms with Gasteiger partial charge in [0.05, 0.1) is 13.3 Å². The highest BCUT2D eigenvalue weighted by molar-refractivity contribution is 6.30. The number of halogens is 1. The average Bonchev–Trinajstić information content (AvgIpc) is 2.41. The number of hydrogen-bond donors (Lipinski definition) is 0. The summed E-state index contributed by atoms with van der Waals surface area (Å²) in [4.78, 5) is 15.1. The number of rotatable bonds is 3. The Balaban J connectivity index is 2.10. The molecule has 1 aromatic heterocycles. The fourth-order valence-electron chi connectivity index (χ4n) is 1.30. The largest absolute Gasteiger partial charge is 0.464 e. The van der Waals surface area contributed by atoms with Crippen molar-refractivity contribution < 1.29 is 14.3 Å². The molecule has 2 rings (SSSR count). The van der Waals surface area contributed by atoms with Crippen molar-refractivity contribution in [2.75, 3.05) is 7.11 Å². The summed E-state index contributed by atoms with van der Waals surface area (Å²) >= 11 is 5.77. The van der Waals surface area contributed by atoms with Crippen molar-refractivity contribution in [3.63, 3.8) is 0 Å². The van der Waals surface area contributed by atoms with Crippen LogP contribution >= 0.6 is 11.6 Å². The molecule has 1 heterocycles. The van der Waals surface area contributed by atoms with Gasteiger partial charge in [0.25, 0.3) is 0 Å². The van der Waals surface area contributed by atoms with Crippen LogP contribution in [-0.4, -0.2) is 18.1 Å². The van der Waals surface area contributed by atoms with Crippen LogP contribution in [0.3, 0.4) is 0 Å². The third-order valence-corrected chi connectivity index (χ3v) is 2.43. The second-order valence-corrected chi connectivity index (χ2v) is 3.86. The minimum Gasteiger partial charge on any atom is -0.464 e. The van der Waals surface area contributed by atoms with Gasteiger partial charge in [-0.3, -0.25) is 0 Å². The number of hydrogen-bond acceptors (Lipinski definition) is 4. The smallest absolute Gasteiger partial charge is 0.356 e. The molecule has 92 valence electrons. The van der Waals surface area contributed by atoms with Gasteiger partial charge in [0.15, 0.2) is 0 Å². The Morgan fingerprint density at radius 3 is 2.33 bits per heavy atom. The van der Waals surface area contributed by atoms with E-state index in [1.54, 1.807) is 30.3 Å². The quantitative estimate of drug-likeness (QED) is 0.797. The number of nitrogens with zero attached hydrogens (tertiary/aromatic N) is 1. The summed E-state index contributed by atoms with van der Waals surface area (Å²) in [5.41, 5.74) is 0.237. The molecular weight excluding hydrogens is 254 g/mol. The highest BCUT2D eigenvalue weighted by atomic mass is 35.5.